The number of benzene rings is 1. The molecule has 0 saturated heterocycles. The molecule has 0 radical (unpaired) electrons. The summed E-state index contributed by atoms with van der Waals surface area (Å²) in [6.45, 7) is 1.41. The van der Waals surface area contributed by atoms with Gasteiger partial charge in [-0.15, -0.1) is 0 Å². The van der Waals surface area contributed by atoms with E-state index >= 15 is 0 Å². The largest absolute Gasteiger partial charge is 0.466 e. The van der Waals surface area contributed by atoms with Crippen LogP contribution in [-0.2, 0) is 16.4 Å². The van der Waals surface area contributed by atoms with E-state index in [9.17, 15) is 18.5 Å². The number of aliphatic hydroxyl groups is 1. The summed E-state index contributed by atoms with van der Waals surface area (Å²) in [5.74, 6) is -0.343. The van der Waals surface area contributed by atoms with Crippen LogP contribution in [0.15, 0.2) is 45.9 Å². The van der Waals surface area contributed by atoms with Crippen LogP contribution in [0.5, 0.6) is 0 Å². The monoisotopic (exact) mass is 340 g/mol. The molecule has 1 heterocycles. The van der Waals surface area contributed by atoms with Crippen molar-refractivity contribution in [3.05, 3.63) is 48.2 Å². The van der Waals surface area contributed by atoms with Crippen molar-refractivity contribution >= 4 is 22.5 Å². The zero-order valence-electron chi connectivity index (χ0n) is 12.6. The van der Waals surface area contributed by atoms with E-state index in [2.05, 4.69) is 10.6 Å². The quantitative estimate of drug-likeness (QED) is 0.778. The summed E-state index contributed by atoms with van der Waals surface area (Å²) in [7, 11) is -1.44. The van der Waals surface area contributed by atoms with E-state index in [1.807, 2.05) is 0 Å². The smallest absolute Gasteiger partial charge is 0.319 e. The predicted octanol–water partition coefficient (Wildman–Crippen LogP) is 2.19. The first-order valence-electron chi connectivity index (χ1n) is 6.74. The molecule has 0 aliphatic carbocycles. The van der Waals surface area contributed by atoms with Gasteiger partial charge in [-0.1, -0.05) is 0 Å². The lowest BCUT2D eigenvalue weighted by Gasteiger charge is -2.21. The molecule has 2 amide bonds. The molecule has 0 fully saturated rings. The summed E-state index contributed by atoms with van der Waals surface area (Å²) in [4.78, 5) is 11.9. The molecule has 0 saturated carbocycles. The second-order valence-corrected chi connectivity index (χ2v) is 6.51. The number of furan rings is 1. The van der Waals surface area contributed by atoms with Gasteiger partial charge in [-0.3, -0.25) is 4.21 Å². The standard InChI is InChI=1S/C15H17FN2O4S/c1-15(20,13-4-3-7-22-13)9-17-14(19)18-10-5-6-12(23(2)21)11(16)8-10/h3-8,20H,9H2,1-2H3,(H2,17,18,19). The minimum atomic E-state index is -1.44. The van der Waals surface area contributed by atoms with E-state index in [4.69, 9.17) is 4.42 Å². The predicted molar refractivity (Wildman–Crippen MR) is 84.0 cm³/mol. The second-order valence-electron chi connectivity index (χ2n) is 5.16. The Labute approximate surface area is 135 Å². The molecule has 0 spiro atoms. The highest BCUT2D eigenvalue weighted by molar-refractivity contribution is 7.84. The molecule has 2 rings (SSSR count). The second kappa shape index (κ2) is 6.93. The minimum absolute atomic E-state index is 0.0664. The van der Waals surface area contributed by atoms with Gasteiger partial charge in [0.25, 0.3) is 0 Å². The number of hydrogen-bond donors (Lipinski definition) is 3. The summed E-state index contributed by atoms with van der Waals surface area (Å²) >= 11 is 0. The number of nitrogens with one attached hydrogen (secondary N) is 2. The lowest BCUT2D eigenvalue weighted by molar-refractivity contribution is 0.0372. The highest BCUT2D eigenvalue weighted by Crippen LogP contribution is 2.20. The molecule has 2 aromatic rings. The normalized spacial score (nSPS) is 14.8. The average Bonchev–Trinajstić information content (AvgIpc) is 3.00. The van der Waals surface area contributed by atoms with Gasteiger partial charge in [-0.2, -0.15) is 0 Å². The van der Waals surface area contributed by atoms with E-state index in [0.717, 1.165) is 6.07 Å². The number of carbonyl (C=O) groups excluding carboxylic acids is 1. The first kappa shape index (κ1) is 17.2. The van der Waals surface area contributed by atoms with Crippen LogP contribution in [0, 0.1) is 5.82 Å². The maximum atomic E-state index is 13.7. The van der Waals surface area contributed by atoms with Crippen LogP contribution in [-0.4, -0.2) is 28.1 Å². The van der Waals surface area contributed by atoms with Gasteiger partial charge in [-0.25, -0.2) is 9.18 Å². The van der Waals surface area contributed by atoms with E-state index in [1.165, 1.54) is 31.6 Å². The number of halogens is 1. The highest BCUT2D eigenvalue weighted by atomic mass is 32.2. The van der Waals surface area contributed by atoms with Gasteiger partial charge in [0.15, 0.2) is 0 Å². The zero-order valence-corrected chi connectivity index (χ0v) is 13.4. The zero-order chi connectivity index (χ0) is 17.0. The Morgan fingerprint density at radius 3 is 2.74 bits per heavy atom. The molecule has 0 aliphatic rings. The summed E-state index contributed by atoms with van der Waals surface area (Å²) in [5, 5.41) is 15.1. The maximum absolute atomic E-state index is 13.7. The van der Waals surface area contributed by atoms with Gasteiger partial charge >= 0.3 is 6.03 Å². The summed E-state index contributed by atoms with van der Waals surface area (Å²) in [6, 6.07) is 6.50. The third kappa shape index (κ3) is 4.40. The first-order chi connectivity index (χ1) is 10.8. The molecular formula is C15H17FN2O4S. The maximum Gasteiger partial charge on any atom is 0.319 e. The van der Waals surface area contributed by atoms with E-state index in [0.29, 0.717) is 5.76 Å². The fourth-order valence-corrected chi connectivity index (χ4v) is 2.50. The summed E-state index contributed by atoms with van der Waals surface area (Å²) in [6.07, 6.45) is 2.79. The van der Waals surface area contributed by atoms with Gasteiger partial charge in [0.2, 0.25) is 0 Å². The molecule has 8 heteroatoms. The van der Waals surface area contributed by atoms with Crippen molar-refractivity contribution in [1.82, 2.24) is 5.32 Å². The topological polar surface area (TPSA) is 91.6 Å². The third-order valence-corrected chi connectivity index (χ3v) is 4.10. The highest BCUT2D eigenvalue weighted by Gasteiger charge is 2.26. The van der Waals surface area contributed by atoms with Crippen LogP contribution in [0.3, 0.4) is 0 Å². The first-order valence-corrected chi connectivity index (χ1v) is 8.29. The Morgan fingerprint density at radius 1 is 1.43 bits per heavy atom. The van der Waals surface area contributed by atoms with Crippen molar-refractivity contribution in [2.75, 3.05) is 18.1 Å². The molecule has 124 valence electrons. The van der Waals surface area contributed by atoms with E-state index < -0.39 is 28.2 Å². The molecule has 6 nitrogen and oxygen atoms in total. The van der Waals surface area contributed by atoms with Gasteiger partial charge < -0.3 is 20.2 Å². The average molecular weight is 340 g/mol. The molecule has 0 aliphatic heterocycles. The van der Waals surface area contributed by atoms with Crippen molar-refractivity contribution in [3.63, 3.8) is 0 Å². The fraction of sp³-hybridized carbons (Fsp3) is 0.267. The van der Waals surface area contributed by atoms with Crippen LogP contribution >= 0.6 is 0 Å². The third-order valence-electron chi connectivity index (χ3n) is 3.14. The van der Waals surface area contributed by atoms with Gasteiger partial charge in [0.1, 0.15) is 17.2 Å². The van der Waals surface area contributed by atoms with E-state index in [1.54, 1.807) is 12.1 Å². The van der Waals surface area contributed by atoms with E-state index in [-0.39, 0.29) is 17.1 Å². The molecule has 3 N–H and O–H groups in total. The number of rotatable bonds is 5. The van der Waals surface area contributed by atoms with Gasteiger partial charge in [-0.05, 0) is 37.3 Å². The van der Waals surface area contributed by atoms with Gasteiger partial charge in [0, 0.05) is 11.9 Å². The summed E-state index contributed by atoms with van der Waals surface area (Å²) in [5.41, 5.74) is -1.15. The number of hydrogen-bond acceptors (Lipinski definition) is 4. The number of anilines is 1. The van der Waals surface area contributed by atoms with Crippen LogP contribution in [0.1, 0.15) is 12.7 Å². The van der Waals surface area contributed by atoms with Crippen LogP contribution in [0.4, 0.5) is 14.9 Å². The van der Waals surface area contributed by atoms with Crippen LogP contribution in [0.25, 0.3) is 0 Å². The lowest BCUT2D eigenvalue weighted by Crippen LogP contribution is -2.40. The van der Waals surface area contributed by atoms with Crippen molar-refractivity contribution in [3.8, 4) is 0 Å². The van der Waals surface area contributed by atoms with Gasteiger partial charge in [0.05, 0.1) is 28.5 Å². The Bertz CT molecular complexity index is 716. The van der Waals surface area contributed by atoms with Crippen molar-refractivity contribution in [2.45, 2.75) is 17.4 Å². The molecule has 2 unspecified atom stereocenters. The lowest BCUT2D eigenvalue weighted by atomic mass is 10.0. The SMILES string of the molecule is CS(=O)c1ccc(NC(=O)NCC(C)(O)c2ccco2)cc1F. The molecule has 2 atom stereocenters. The van der Waals surface area contributed by atoms with Crippen molar-refractivity contribution in [2.24, 2.45) is 0 Å². The van der Waals surface area contributed by atoms with Crippen LogP contribution < -0.4 is 10.6 Å². The Balaban J connectivity index is 1.95. The molecular weight excluding hydrogens is 323 g/mol. The Kier molecular flexibility index (Phi) is 5.17. The minimum Gasteiger partial charge on any atom is -0.466 e. The number of amides is 2. The fourth-order valence-electron chi connectivity index (χ4n) is 1.91. The molecule has 1 aromatic heterocycles. The number of carbonyl (C=O) groups is 1. The van der Waals surface area contributed by atoms with Crippen LogP contribution in [0.2, 0.25) is 0 Å². The van der Waals surface area contributed by atoms with Crippen molar-refractivity contribution < 1.29 is 22.9 Å². The molecule has 1 aromatic carbocycles. The Morgan fingerprint density at radius 2 is 2.17 bits per heavy atom. The molecule has 0 bridgehead atoms. The summed E-state index contributed by atoms with van der Waals surface area (Å²) < 4.78 is 30.1. The number of urea groups is 1. The van der Waals surface area contributed by atoms with Crippen molar-refractivity contribution in [1.29, 1.82) is 0 Å². The molecule has 23 heavy (non-hydrogen) atoms. The Hall–Kier alpha value is -2.19.